The maximum atomic E-state index is 13.4. The summed E-state index contributed by atoms with van der Waals surface area (Å²) in [6, 6.07) is 3.76. The predicted octanol–water partition coefficient (Wildman–Crippen LogP) is 3.79. The van der Waals surface area contributed by atoms with Crippen molar-refractivity contribution in [1.82, 2.24) is 0 Å². The Morgan fingerprint density at radius 3 is 1.95 bits per heavy atom. The molecule has 0 aromatic heterocycles. The fourth-order valence-electron chi connectivity index (χ4n) is 1.48. The summed E-state index contributed by atoms with van der Waals surface area (Å²) in [6.07, 6.45) is 0. The summed E-state index contributed by atoms with van der Waals surface area (Å²) in [5.74, 6) is -14.1. The second-order valence-corrected chi connectivity index (χ2v) is 5.19. The number of carbonyl (C=O) groups is 1. The number of esters is 1. The Labute approximate surface area is 134 Å². The van der Waals surface area contributed by atoms with Crippen molar-refractivity contribution in [1.29, 1.82) is 0 Å². The number of hydrogen-bond acceptors (Lipinski definition) is 3. The van der Waals surface area contributed by atoms with E-state index < -0.39 is 40.8 Å². The van der Waals surface area contributed by atoms with Gasteiger partial charge in [-0.3, -0.25) is 0 Å². The van der Waals surface area contributed by atoms with Crippen molar-refractivity contribution < 1.29 is 31.5 Å². The van der Waals surface area contributed by atoms with E-state index in [0.29, 0.717) is 9.26 Å². The molecule has 0 saturated heterocycles. The van der Waals surface area contributed by atoms with Crippen LogP contribution in [0.1, 0.15) is 10.4 Å². The topological polar surface area (TPSA) is 52.3 Å². The molecule has 0 heterocycles. The SMILES string of the molecule is Nc1ccc(C(=O)Oc2c(F)c(F)c(F)c(F)c2F)cc1I. The molecule has 2 rings (SSSR count). The highest BCUT2D eigenvalue weighted by Crippen LogP contribution is 2.30. The Morgan fingerprint density at radius 2 is 1.45 bits per heavy atom. The van der Waals surface area contributed by atoms with E-state index in [1.54, 1.807) is 22.6 Å². The van der Waals surface area contributed by atoms with Crippen molar-refractivity contribution in [2.75, 3.05) is 5.73 Å². The molecule has 0 aliphatic heterocycles. The minimum atomic E-state index is -2.34. The van der Waals surface area contributed by atoms with E-state index in [1.165, 1.54) is 18.2 Å². The second kappa shape index (κ2) is 6.07. The number of carbonyl (C=O) groups excluding carboxylic acids is 1. The van der Waals surface area contributed by atoms with Gasteiger partial charge in [-0.25, -0.2) is 18.0 Å². The fourth-order valence-corrected chi connectivity index (χ4v) is 2.00. The summed E-state index contributed by atoms with van der Waals surface area (Å²) in [6.45, 7) is 0. The van der Waals surface area contributed by atoms with Gasteiger partial charge in [-0.1, -0.05) is 0 Å². The van der Waals surface area contributed by atoms with Crippen LogP contribution in [0, 0.1) is 32.7 Å². The van der Waals surface area contributed by atoms with Crippen molar-refractivity contribution in [3.8, 4) is 5.75 Å². The number of anilines is 1. The molecule has 0 bridgehead atoms. The molecule has 2 aromatic carbocycles. The molecule has 0 unspecified atom stereocenters. The normalized spacial score (nSPS) is 10.6. The van der Waals surface area contributed by atoms with Gasteiger partial charge in [0.05, 0.1) is 5.56 Å². The Hall–Kier alpha value is -1.91. The van der Waals surface area contributed by atoms with Gasteiger partial charge in [0.2, 0.25) is 34.8 Å². The van der Waals surface area contributed by atoms with Gasteiger partial charge in [0.15, 0.2) is 0 Å². The van der Waals surface area contributed by atoms with E-state index in [2.05, 4.69) is 4.74 Å². The van der Waals surface area contributed by atoms with E-state index in [0.717, 1.165) is 0 Å². The molecule has 0 spiro atoms. The predicted molar refractivity (Wildman–Crippen MR) is 74.8 cm³/mol. The minimum Gasteiger partial charge on any atom is -0.416 e. The lowest BCUT2D eigenvalue weighted by Gasteiger charge is -2.09. The Morgan fingerprint density at radius 1 is 0.955 bits per heavy atom. The van der Waals surface area contributed by atoms with Gasteiger partial charge >= 0.3 is 5.97 Å². The summed E-state index contributed by atoms with van der Waals surface area (Å²) >= 11 is 1.79. The van der Waals surface area contributed by atoms with E-state index in [9.17, 15) is 26.7 Å². The first-order valence-corrected chi connectivity index (χ1v) is 6.60. The Kier molecular flexibility index (Phi) is 4.54. The third kappa shape index (κ3) is 2.85. The standard InChI is InChI=1S/C13H5F5INO2/c14-7-8(15)10(17)12(11(18)9(7)16)22-13(21)4-1-2-6(20)5(19)3-4/h1-3H,20H2. The summed E-state index contributed by atoms with van der Waals surface area (Å²) in [5.41, 5.74) is 5.70. The van der Waals surface area contributed by atoms with Gasteiger partial charge in [-0.2, -0.15) is 8.78 Å². The summed E-state index contributed by atoms with van der Waals surface area (Å²) < 4.78 is 70.4. The van der Waals surface area contributed by atoms with Crippen LogP contribution in [0.25, 0.3) is 0 Å². The van der Waals surface area contributed by atoms with E-state index in [-0.39, 0.29) is 5.56 Å². The third-order valence-corrected chi connectivity index (χ3v) is 3.53. The first kappa shape index (κ1) is 16.5. The average Bonchev–Trinajstić information content (AvgIpc) is 2.50. The number of nitrogen functional groups attached to an aromatic ring is 1. The molecule has 2 aromatic rings. The van der Waals surface area contributed by atoms with Crippen LogP contribution in [0.4, 0.5) is 27.6 Å². The zero-order valence-corrected chi connectivity index (χ0v) is 12.6. The minimum absolute atomic E-state index is 0.164. The van der Waals surface area contributed by atoms with Crippen LogP contribution in [0.2, 0.25) is 0 Å². The molecule has 2 N–H and O–H groups in total. The highest BCUT2D eigenvalue weighted by molar-refractivity contribution is 14.1. The third-order valence-electron chi connectivity index (χ3n) is 2.60. The number of rotatable bonds is 2. The lowest BCUT2D eigenvalue weighted by molar-refractivity contribution is 0.0716. The number of benzene rings is 2. The molecule has 0 saturated carbocycles. The average molecular weight is 429 g/mol. The lowest BCUT2D eigenvalue weighted by Crippen LogP contribution is -2.14. The monoisotopic (exact) mass is 429 g/mol. The molecular formula is C13H5F5INO2. The van der Waals surface area contributed by atoms with Crippen molar-refractivity contribution in [3.63, 3.8) is 0 Å². The smallest absolute Gasteiger partial charge is 0.343 e. The largest absolute Gasteiger partial charge is 0.416 e. The molecule has 0 atom stereocenters. The van der Waals surface area contributed by atoms with Crippen molar-refractivity contribution in [3.05, 3.63) is 56.4 Å². The first-order valence-electron chi connectivity index (χ1n) is 5.52. The fraction of sp³-hybridized carbons (Fsp3) is 0. The lowest BCUT2D eigenvalue weighted by atomic mass is 10.2. The van der Waals surface area contributed by atoms with Crippen LogP contribution < -0.4 is 10.5 Å². The van der Waals surface area contributed by atoms with Crippen LogP contribution in [0.15, 0.2) is 18.2 Å². The molecule has 0 radical (unpaired) electrons. The van der Waals surface area contributed by atoms with Crippen LogP contribution in [0.3, 0.4) is 0 Å². The molecule has 116 valence electrons. The molecular weight excluding hydrogens is 424 g/mol. The molecule has 0 aliphatic rings. The summed E-state index contributed by atoms with van der Waals surface area (Å²) in [5, 5.41) is 0. The molecule has 22 heavy (non-hydrogen) atoms. The Bertz CT molecular complexity index is 753. The molecule has 0 amide bonds. The van der Waals surface area contributed by atoms with Crippen molar-refractivity contribution >= 4 is 34.2 Å². The summed E-state index contributed by atoms with van der Waals surface area (Å²) in [4.78, 5) is 11.8. The quantitative estimate of drug-likeness (QED) is 0.150. The number of ether oxygens (including phenoxy) is 1. The molecule has 0 aliphatic carbocycles. The van der Waals surface area contributed by atoms with Crippen LogP contribution in [-0.2, 0) is 0 Å². The zero-order valence-electron chi connectivity index (χ0n) is 10.4. The van der Waals surface area contributed by atoms with Gasteiger partial charge in [-0.05, 0) is 40.8 Å². The molecule has 9 heteroatoms. The van der Waals surface area contributed by atoms with E-state index in [4.69, 9.17) is 5.73 Å². The highest BCUT2D eigenvalue weighted by Gasteiger charge is 2.28. The van der Waals surface area contributed by atoms with Gasteiger partial charge in [0.25, 0.3) is 0 Å². The maximum absolute atomic E-state index is 13.4. The summed E-state index contributed by atoms with van der Waals surface area (Å²) in [7, 11) is 0. The van der Waals surface area contributed by atoms with Gasteiger partial charge in [0.1, 0.15) is 0 Å². The molecule has 3 nitrogen and oxygen atoms in total. The maximum Gasteiger partial charge on any atom is 0.343 e. The number of halogens is 6. The van der Waals surface area contributed by atoms with Crippen molar-refractivity contribution in [2.24, 2.45) is 0 Å². The zero-order chi connectivity index (χ0) is 16.6. The van der Waals surface area contributed by atoms with E-state index in [1.807, 2.05) is 0 Å². The second-order valence-electron chi connectivity index (χ2n) is 4.02. The van der Waals surface area contributed by atoms with Crippen LogP contribution >= 0.6 is 22.6 Å². The number of nitrogens with two attached hydrogens (primary N) is 1. The van der Waals surface area contributed by atoms with E-state index >= 15 is 0 Å². The Balaban J connectivity index is 2.42. The van der Waals surface area contributed by atoms with Gasteiger partial charge < -0.3 is 10.5 Å². The van der Waals surface area contributed by atoms with Crippen LogP contribution in [-0.4, -0.2) is 5.97 Å². The first-order chi connectivity index (χ1) is 10.2. The number of hydrogen-bond donors (Lipinski definition) is 1. The van der Waals surface area contributed by atoms with Gasteiger partial charge in [0, 0.05) is 9.26 Å². The molecule has 0 fully saturated rings. The highest BCUT2D eigenvalue weighted by atomic mass is 127. The van der Waals surface area contributed by atoms with Crippen molar-refractivity contribution in [2.45, 2.75) is 0 Å². The van der Waals surface area contributed by atoms with Gasteiger partial charge in [-0.15, -0.1) is 0 Å². The van der Waals surface area contributed by atoms with Crippen LogP contribution in [0.5, 0.6) is 5.75 Å².